The van der Waals surface area contributed by atoms with Crippen molar-refractivity contribution in [1.82, 2.24) is 10.3 Å². The second kappa shape index (κ2) is 7.31. The minimum atomic E-state index is -0.504. The standard InChI is InChI=1S/C16H16FN3O2/c1-2-9-18-15(21)13-7-4-8-14(20-13)16(22)19-12-6-3-5-11(17)10-12/h3-8,10H,2,9H2,1H3,(H,18,21)(H,19,22). The lowest BCUT2D eigenvalue weighted by Gasteiger charge is -2.07. The van der Waals surface area contributed by atoms with Crippen molar-refractivity contribution in [2.75, 3.05) is 11.9 Å². The van der Waals surface area contributed by atoms with Crippen LogP contribution in [0.2, 0.25) is 0 Å². The normalized spacial score (nSPS) is 10.1. The number of amides is 2. The Labute approximate surface area is 127 Å². The summed E-state index contributed by atoms with van der Waals surface area (Å²) in [4.78, 5) is 27.9. The molecule has 6 heteroatoms. The van der Waals surface area contributed by atoms with Crippen LogP contribution >= 0.6 is 0 Å². The first-order valence-corrected chi connectivity index (χ1v) is 6.92. The molecule has 0 radical (unpaired) electrons. The van der Waals surface area contributed by atoms with Crippen molar-refractivity contribution < 1.29 is 14.0 Å². The second-order valence-corrected chi connectivity index (χ2v) is 4.63. The smallest absolute Gasteiger partial charge is 0.274 e. The van der Waals surface area contributed by atoms with Crippen LogP contribution in [0.1, 0.15) is 34.3 Å². The van der Waals surface area contributed by atoms with E-state index in [1.165, 1.54) is 30.3 Å². The fourth-order valence-corrected chi connectivity index (χ4v) is 1.78. The van der Waals surface area contributed by atoms with Gasteiger partial charge in [0, 0.05) is 12.2 Å². The Morgan fingerprint density at radius 1 is 1.09 bits per heavy atom. The van der Waals surface area contributed by atoms with Gasteiger partial charge in [0.1, 0.15) is 17.2 Å². The van der Waals surface area contributed by atoms with Gasteiger partial charge in [0.25, 0.3) is 11.8 Å². The molecule has 2 aromatic rings. The van der Waals surface area contributed by atoms with Crippen LogP contribution < -0.4 is 10.6 Å². The van der Waals surface area contributed by atoms with Crippen LogP contribution in [-0.4, -0.2) is 23.3 Å². The minimum Gasteiger partial charge on any atom is -0.351 e. The van der Waals surface area contributed by atoms with E-state index in [0.717, 1.165) is 6.42 Å². The van der Waals surface area contributed by atoms with Crippen LogP contribution in [-0.2, 0) is 0 Å². The van der Waals surface area contributed by atoms with E-state index >= 15 is 0 Å². The number of rotatable bonds is 5. The maximum absolute atomic E-state index is 13.1. The summed E-state index contributed by atoms with van der Waals surface area (Å²) in [7, 11) is 0. The topological polar surface area (TPSA) is 71.1 Å². The molecule has 0 saturated carbocycles. The average molecular weight is 301 g/mol. The van der Waals surface area contributed by atoms with Crippen LogP contribution in [0, 0.1) is 5.82 Å². The molecule has 1 aromatic carbocycles. The Hall–Kier alpha value is -2.76. The highest BCUT2D eigenvalue weighted by molar-refractivity contribution is 6.03. The zero-order valence-corrected chi connectivity index (χ0v) is 12.1. The van der Waals surface area contributed by atoms with E-state index in [1.807, 2.05) is 6.92 Å². The van der Waals surface area contributed by atoms with Crippen LogP contribution in [0.4, 0.5) is 10.1 Å². The number of halogens is 1. The van der Waals surface area contributed by atoms with Gasteiger partial charge in [-0.15, -0.1) is 0 Å². The Balaban J connectivity index is 2.11. The SMILES string of the molecule is CCCNC(=O)c1cccc(C(=O)Nc2cccc(F)c2)n1. The van der Waals surface area contributed by atoms with E-state index in [9.17, 15) is 14.0 Å². The van der Waals surface area contributed by atoms with Crippen LogP contribution in [0.15, 0.2) is 42.5 Å². The number of benzene rings is 1. The molecule has 0 aliphatic heterocycles. The van der Waals surface area contributed by atoms with E-state index in [0.29, 0.717) is 12.2 Å². The predicted molar refractivity (Wildman–Crippen MR) is 81.2 cm³/mol. The maximum atomic E-state index is 13.1. The lowest BCUT2D eigenvalue weighted by molar-refractivity contribution is 0.0948. The second-order valence-electron chi connectivity index (χ2n) is 4.63. The lowest BCUT2D eigenvalue weighted by Crippen LogP contribution is -2.26. The molecule has 0 fully saturated rings. The molecule has 22 heavy (non-hydrogen) atoms. The molecule has 0 bridgehead atoms. The Kier molecular flexibility index (Phi) is 5.19. The molecule has 0 aliphatic rings. The summed E-state index contributed by atoms with van der Waals surface area (Å²) in [5.41, 5.74) is 0.585. The highest BCUT2D eigenvalue weighted by atomic mass is 19.1. The number of nitrogens with zero attached hydrogens (tertiary/aromatic N) is 1. The summed E-state index contributed by atoms with van der Waals surface area (Å²) in [6, 6.07) is 10.2. The van der Waals surface area contributed by atoms with Crippen molar-refractivity contribution in [3.63, 3.8) is 0 Å². The number of carbonyl (C=O) groups is 2. The number of hydrogen-bond acceptors (Lipinski definition) is 3. The summed E-state index contributed by atoms with van der Waals surface area (Å²) in [5, 5.41) is 5.22. The molecular weight excluding hydrogens is 285 g/mol. The van der Waals surface area contributed by atoms with Crippen molar-refractivity contribution in [1.29, 1.82) is 0 Å². The Morgan fingerprint density at radius 2 is 1.77 bits per heavy atom. The molecule has 0 aliphatic carbocycles. The number of aromatic nitrogens is 1. The number of carbonyl (C=O) groups excluding carboxylic acids is 2. The zero-order valence-electron chi connectivity index (χ0n) is 12.1. The lowest BCUT2D eigenvalue weighted by atomic mass is 10.2. The number of nitrogens with one attached hydrogen (secondary N) is 2. The van der Waals surface area contributed by atoms with Gasteiger partial charge in [-0.2, -0.15) is 0 Å². The number of hydrogen-bond donors (Lipinski definition) is 2. The molecular formula is C16H16FN3O2. The van der Waals surface area contributed by atoms with E-state index < -0.39 is 11.7 Å². The zero-order chi connectivity index (χ0) is 15.9. The van der Waals surface area contributed by atoms with Gasteiger partial charge in [-0.1, -0.05) is 19.1 Å². The third-order valence-electron chi connectivity index (χ3n) is 2.83. The predicted octanol–water partition coefficient (Wildman–Crippen LogP) is 2.61. The molecule has 1 aromatic heterocycles. The van der Waals surface area contributed by atoms with E-state index in [2.05, 4.69) is 15.6 Å². The van der Waals surface area contributed by atoms with Crippen LogP contribution in [0.25, 0.3) is 0 Å². The third-order valence-corrected chi connectivity index (χ3v) is 2.83. The molecule has 5 nitrogen and oxygen atoms in total. The van der Waals surface area contributed by atoms with Crippen LogP contribution in [0.3, 0.4) is 0 Å². The first kappa shape index (κ1) is 15.6. The fraction of sp³-hybridized carbons (Fsp3) is 0.188. The Bertz CT molecular complexity index is 689. The van der Waals surface area contributed by atoms with Crippen molar-refractivity contribution in [3.8, 4) is 0 Å². The largest absolute Gasteiger partial charge is 0.351 e. The molecule has 0 unspecified atom stereocenters. The van der Waals surface area contributed by atoms with Gasteiger partial charge in [0.2, 0.25) is 0 Å². The van der Waals surface area contributed by atoms with E-state index in [1.54, 1.807) is 12.1 Å². The van der Waals surface area contributed by atoms with Crippen molar-refractivity contribution in [2.45, 2.75) is 13.3 Å². The average Bonchev–Trinajstić information content (AvgIpc) is 2.52. The van der Waals surface area contributed by atoms with E-state index in [-0.39, 0.29) is 17.3 Å². The maximum Gasteiger partial charge on any atom is 0.274 e. The Morgan fingerprint density at radius 3 is 2.45 bits per heavy atom. The fourth-order valence-electron chi connectivity index (χ4n) is 1.78. The van der Waals surface area contributed by atoms with E-state index in [4.69, 9.17) is 0 Å². The van der Waals surface area contributed by atoms with Gasteiger partial charge < -0.3 is 10.6 Å². The monoisotopic (exact) mass is 301 g/mol. The van der Waals surface area contributed by atoms with Crippen molar-refractivity contribution >= 4 is 17.5 Å². The quantitative estimate of drug-likeness (QED) is 0.891. The van der Waals surface area contributed by atoms with Gasteiger partial charge in [-0.25, -0.2) is 9.37 Å². The highest BCUT2D eigenvalue weighted by Gasteiger charge is 2.12. The molecule has 2 amide bonds. The van der Waals surface area contributed by atoms with Crippen molar-refractivity contribution in [2.24, 2.45) is 0 Å². The molecule has 0 spiro atoms. The first-order chi connectivity index (χ1) is 10.6. The van der Waals surface area contributed by atoms with Gasteiger partial charge in [0.15, 0.2) is 0 Å². The molecule has 0 atom stereocenters. The summed E-state index contributed by atoms with van der Waals surface area (Å²) >= 11 is 0. The summed E-state index contributed by atoms with van der Waals surface area (Å²) < 4.78 is 13.1. The van der Waals surface area contributed by atoms with Gasteiger partial charge in [-0.05, 0) is 36.8 Å². The minimum absolute atomic E-state index is 0.0911. The van der Waals surface area contributed by atoms with Crippen LogP contribution in [0.5, 0.6) is 0 Å². The molecule has 2 rings (SSSR count). The summed E-state index contributed by atoms with van der Waals surface area (Å²) in [5.74, 6) is -1.28. The molecule has 114 valence electrons. The third kappa shape index (κ3) is 4.12. The number of pyridine rings is 1. The molecule has 0 saturated heterocycles. The molecule has 1 heterocycles. The summed E-state index contributed by atoms with van der Waals surface area (Å²) in [6.07, 6.45) is 0.811. The van der Waals surface area contributed by atoms with Gasteiger partial charge >= 0.3 is 0 Å². The van der Waals surface area contributed by atoms with Gasteiger partial charge in [-0.3, -0.25) is 9.59 Å². The number of anilines is 1. The van der Waals surface area contributed by atoms with Crippen molar-refractivity contribution in [3.05, 3.63) is 59.7 Å². The highest BCUT2D eigenvalue weighted by Crippen LogP contribution is 2.10. The van der Waals surface area contributed by atoms with Gasteiger partial charge in [0.05, 0.1) is 0 Å². The first-order valence-electron chi connectivity index (χ1n) is 6.92. The summed E-state index contributed by atoms with van der Waals surface area (Å²) in [6.45, 7) is 2.48. The molecule has 2 N–H and O–H groups in total.